The van der Waals surface area contributed by atoms with E-state index in [9.17, 15) is 4.79 Å². The number of unbranched alkanes of at least 4 members (excludes halogenated alkanes) is 2. The van der Waals surface area contributed by atoms with Gasteiger partial charge in [0.05, 0.1) is 12.2 Å². The third-order valence-corrected chi connectivity index (χ3v) is 7.48. The van der Waals surface area contributed by atoms with Gasteiger partial charge in [0.25, 0.3) is 0 Å². The maximum Gasteiger partial charge on any atom is 0.343 e. The van der Waals surface area contributed by atoms with Crippen LogP contribution in [0.2, 0.25) is 0 Å². The zero-order chi connectivity index (χ0) is 24.2. The van der Waals surface area contributed by atoms with Crippen molar-refractivity contribution in [2.75, 3.05) is 6.61 Å². The summed E-state index contributed by atoms with van der Waals surface area (Å²) in [6, 6.07) is 15.2. The molecule has 2 aromatic carbocycles. The fourth-order valence-electron chi connectivity index (χ4n) is 4.80. The van der Waals surface area contributed by atoms with Crippen LogP contribution in [0, 0.1) is 17.8 Å². The summed E-state index contributed by atoms with van der Waals surface area (Å²) in [5, 5.41) is 0. The highest BCUT2D eigenvalue weighted by atomic mass is 16.5. The molecule has 0 spiro atoms. The van der Waals surface area contributed by atoms with Crippen LogP contribution in [0.1, 0.15) is 101 Å². The molecule has 3 rings (SSSR count). The Morgan fingerprint density at radius 3 is 2.09 bits per heavy atom. The van der Waals surface area contributed by atoms with Crippen LogP contribution < -0.4 is 9.47 Å². The third kappa shape index (κ3) is 8.81. The number of rotatable bonds is 13. The van der Waals surface area contributed by atoms with Crippen LogP contribution in [0.5, 0.6) is 11.5 Å². The molecule has 34 heavy (non-hydrogen) atoms. The molecule has 1 aliphatic carbocycles. The number of aryl methyl sites for hydroxylation is 1. The van der Waals surface area contributed by atoms with Crippen LogP contribution in [0.4, 0.5) is 0 Å². The van der Waals surface area contributed by atoms with Gasteiger partial charge in [0.15, 0.2) is 0 Å². The molecule has 1 aliphatic rings. The van der Waals surface area contributed by atoms with E-state index in [1.807, 2.05) is 24.3 Å². The molecule has 0 saturated heterocycles. The molecule has 0 unspecified atom stereocenters. The number of hydrogen-bond acceptors (Lipinski definition) is 3. The maximum absolute atomic E-state index is 12.5. The summed E-state index contributed by atoms with van der Waals surface area (Å²) >= 11 is 0. The summed E-state index contributed by atoms with van der Waals surface area (Å²) in [6.07, 6.45) is 14.7. The van der Waals surface area contributed by atoms with Crippen molar-refractivity contribution in [2.24, 2.45) is 17.8 Å². The molecule has 0 aliphatic heterocycles. The Hall–Kier alpha value is -2.29. The van der Waals surface area contributed by atoms with E-state index in [1.165, 1.54) is 63.4 Å². The normalized spacial score (nSPS) is 18.9. The van der Waals surface area contributed by atoms with Gasteiger partial charge in [-0.3, -0.25) is 0 Å². The minimum absolute atomic E-state index is 0.336. The topological polar surface area (TPSA) is 35.5 Å². The third-order valence-electron chi connectivity index (χ3n) is 7.48. The number of ether oxygens (including phenoxy) is 2. The Bertz CT molecular complexity index is 832. The number of carbonyl (C=O) groups is 1. The lowest BCUT2D eigenvalue weighted by Crippen LogP contribution is -2.15. The Kier molecular flexibility index (Phi) is 11.0. The number of esters is 1. The largest absolute Gasteiger partial charge is 0.493 e. The zero-order valence-electron chi connectivity index (χ0n) is 21.6. The van der Waals surface area contributed by atoms with E-state index in [0.717, 1.165) is 30.4 Å². The molecule has 3 heteroatoms. The van der Waals surface area contributed by atoms with Gasteiger partial charge in [0.1, 0.15) is 11.5 Å². The second kappa shape index (κ2) is 14.2. The zero-order valence-corrected chi connectivity index (χ0v) is 21.6. The Balaban J connectivity index is 1.38. The standard InChI is InChI=1S/C31H44O3/c1-4-6-7-8-25-9-11-26(12-10-25)13-14-27-15-19-30(20-16-27)34-31(32)28-17-21-29(22-18-28)33-23-24(3)5-2/h15-22,24-26H,4-14,23H2,1-3H3/t24-,25-,26-/m0/s1. The fraction of sp³-hybridized carbons (Fsp3) is 0.581. The smallest absolute Gasteiger partial charge is 0.343 e. The SMILES string of the molecule is CCCCC[C@H]1CC[C@H](CCc2ccc(OC(=O)c3ccc(OC[C@@H](C)CC)cc3)cc2)CC1. The summed E-state index contributed by atoms with van der Waals surface area (Å²) in [4.78, 5) is 12.5. The van der Waals surface area contributed by atoms with Crippen LogP contribution in [0.3, 0.4) is 0 Å². The van der Waals surface area contributed by atoms with Gasteiger partial charge >= 0.3 is 5.97 Å². The molecule has 1 saturated carbocycles. The molecule has 0 radical (unpaired) electrons. The van der Waals surface area contributed by atoms with Crippen molar-refractivity contribution >= 4 is 5.97 Å². The molecular weight excluding hydrogens is 420 g/mol. The van der Waals surface area contributed by atoms with Gasteiger partial charge in [0, 0.05) is 0 Å². The lowest BCUT2D eigenvalue weighted by molar-refractivity contribution is 0.0734. The second-order valence-electron chi connectivity index (χ2n) is 10.3. The van der Waals surface area contributed by atoms with Gasteiger partial charge in [-0.15, -0.1) is 0 Å². The average molecular weight is 465 g/mol. The maximum atomic E-state index is 12.5. The quantitative estimate of drug-likeness (QED) is 0.169. The van der Waals surface area contributed by atoms with Crippen molar-refractivity contribution in [1.82, 2.24) is 0 Å². The van der Waals surface area contributed by atoms with E-state index < -0.39 is 0 Å². The van der Waals surface area contributed by atoms with E-state index in [0.29, 0.717) is 23.8 Å². The van der Waals surface area contributed by atoms with Crippen molar-refractivity contribution in [2.45, 2.75) is 91.4 Å². The molecule has 0 heterocycles. The van der Waals surface area contributed by atoms with Crippen LogP contribution >= 0.6 is 0 Å². The highest BCUT2D eigenvalue weighted by Crippen LogP contribution is 2.34. The van der Waals surface area contributed by atoms with Crippen molar-refractivity contribution in [3.63, 3.8) is 0 Å². The molecule has 0 bridgehead atoms. The lowest BCUT2D eigenvalue weighted by atomic mass is 9.78. The van der Waals surface area contributed by atoms with Crippen LogP contribution in [-0.2, 0) is 6.42 Å². The highest BCUT2D eigenvalue weighted by molar-refractivity contribution is 5.91. The second-order valence-corrected chi connectivity index (χ2v) is 10.3. The average Bonchev–Trinajstić information content (AvgIpc) is 2.88. The van der Waals surface area contributed by atoms with Gasteiger partial charge in [-0.25, -0.2) is 4.79 Å². The van der Waals surface area contributed by atoms with Gasteiger partial charge in [0.2, 0.25) is 0 Å². The van der Waals surface area contributed by atoms with Gasteiger partial charge in [-0.05, 0) is 72.6 Å². The lowest BCUT2D eigenvalue weighted by Gasteiger charge is -2.28. The van der Waals surface area contributed by atoms with Crippen molar-refractivity contribution in [3.05, 3.63) is 59.7 Å². The highest BCUT2D eigenvalue weighted by Gasteiger charge is 2.20. The summed E-state index contributed by atoms with van der Waals surface area (Å²) in [6.45, 7) is 7.29. The van der Waals surface area contributed by atoms with Gasteiger partial charge < -0.3 is 9.47 Å². The van der Waals surface area contributed by atoms with E-state index >= 15 is 0 Å². The first-order chi connectivity index (χ1) is 16.6. The minimum atomic E-state index is -0.336. The molecule has 2 aromatic rings. The number of carbonyl (C=O) groups excluding carboxylic acids is 1. The monoisotopic (exact) mass is 464 g/mol. The first kappa shape index (κ1) is 26.3. The molecule has 1 fully saturated rings. The van der Waals surface area contributed by atoms with Crippen molar-refractivity contribution in [1.29, 1.82) is 0 Å². The van der Waals surface area contributed by atoms with Crippen LogP contribution in [-0.4, -0.2) is 12.6 Å². The summed E-state index contributed by atoms with van der Waals surface area (Å²) < 4.78 is 11.3. The van der Waals surface area contributed by atoms with Crippen LogP contribution in [0.15, 0.2) is 48.5 Å². The molecule has 0 aromatic heterocycles. The predicted molar refractivity (Wildman–Crippen MR) is 141 cm³/mol. The van der Waals surface area contributed by atoms with Gasteiger partial charge in [-0.2, -0.15) is 0 Å². The van der Waals surface area contributed by atoms with Gasteiger partial charge in [-0.1, -0.05) is 90.7 Å². The van der Waals surface area contributed by atoms with E-state index in [-0.39, 0.29) is 5.97 Å². The molecular formula is C31H44O3. The fourth-order valence-corrected chi connectivity index (χ4v) is 4.80. The Morgan fingerprint density at radius 1 is 0.853 bits per heavy atom. The Morgan fingerprint density at radius 2 is 1.47 bits per heavy atom. The minimum Gasteiger partial charge on any atom is -0.493 e. The molecule has 0 N–H and O–H groups in total. The molecule has 0 amide bonds. The predicted octanol–water partition coefficient (Wildman–Crippen LogP) is 8.65. The summed E-state index contributed by atoms with van der Waals surface area (Å²) in [7, 11) is 0. The summed E-state index contributed by atoms with van der Waals surface area (Å²) in [5.41, 5.74) is 1.86. The van der Waals surface area contributed by atoms with Crippen LogP contribution in [0.25, 0.3) is 0 Å². The van der Waals surface area contributed by atoms with E-state index in [2.05, 4.69) is 32.9 Å². The first-order valence-corrected chi connectivity index (χ1v) is 13.6. The summed E-state index contributed by atoms with van der Waals surface area (Å²) in [5.74, 6) is 3.41. The number of hydrogen-bond donors (Lipinski definition) is 0. The number of benzene rings is 2. The van der Waals surface area contributed by atoms with Crippen molar-refractivity contribution < 1.29 is 14.3 Å². The Labute approximate surface area is 207 Å². The molecule has 3 nitrogen and oxygen atoms in total. The molecule has 186 valence electrons. The first-order valence-electron chi connectivity index (χ1n) is 13.6. The van der Waals surface area contributed by atoms with E-state index in [1.54, 1.807) is 12.1 Å². The van der Waals surface area contributed by atoms with Crippen molar-refractivity contribution in [3.8, 4) is 11.5 Å². The molecule has 1 atom stereocenters. The van der Waals surface area contributed by atoms with E-state index in [4.69, 9.17) is 9.47 Å².